The van der Waals surface area contributed by atoms with Crippen LogP contribution in [0.5, 0.6) is 5.75 Å². The number of hydrogen-bond acceptors (Lipinski definition) is 3. The molecule has 0 N–H and O–H groups in total. The zero-order valence-corrected chi connectivity index (χ0v) is 4.88. The van der Waals surface area contributed by atoms with Crippen molar-refractivity contribution in [3.8, 4) is 5.75 Å². The Morgan fingerprint density at radius 1 is 1.78 bits per heavy atom. The van der Waals surface area contributed by atoms with Gasteiger partial charge >= 0.3 is 0 Å². The molecule has 1 aromatic rings. The molecular weight excluding hydrogens is 120 g/mol. The van der Waals surface area contributed by atoms with Crippen molar-refractivity contribution in [2.24, 2.45) is 0 Å². The summed E-state index contributed by atoms with van der Waals surface area (Å²) in [5.41, 5.74) is 0. The maximum atomic E-state index is 9.95. The third-order valence-electron chi connectivity index (χ3n) is 0.942. The number of ether oxygens (including phenoxy) is 1. The van der Waals surface area contributed by atoms with Gasteiger partial charge in [0.1, 0.15) is 0 Å². The first kappa shape index (κ1) is 5.88. The Bertz CT molecular complexity index is 202. The van der Waals surface area contributed by atoms with Gasteiger partial charge in [-0.2, -0.15) is 0 Å². The minimum atomic E-state index is 0.109. The summed E-state index contributed by atoms with van der Waals surface area (Å²) in [6, 6.07) is 1.56. The van der Waals surface area contributed by atoms with Gasteiger partial charge in [-0.15, -0.1) is 0 Å². The molecule has 1 radical (unpaired) electrons. The highest BCUT2D eigenvalue weighted by atomic mass is 16.5. The first-order valence-corrected chi connectivity index (χ1v) is 2.38. The second-order valence-corrected chi connectivity index (χ2v) is 1.42. The van der Waals surface area contributed by atoms with Gasteiger partial charge in [0.15, 0.2) is 5.75 Å². The van der Waals surface area contributed by atoms with Gasteiger partial charge < -0.3 is 9.15 Å². The van der Waals surface area contributed by atoms with Crippen LogP contribution in [0.3, 0.4) is 0 Å². The van der Waals surface area contributed by atoms with Crippen molar-refractivity contribution in [2.75, 3.05) is 7.11 Å². The first-order chi connectivity index (χ1) is 4.38. The van der Waals surface area contributed by atoms with Crippen molar-refractivity contribution in [3.63, 3.8) is 0 Å². The summed E-state index contributed by atoms with van der Waals surface area (Å²) in [5.74, 6) is 0.530. The van der Waals surface area contributed by atoms with Crippen LogP contribution < -0.4 is 4.74 Å². The van der Waals surface area contributed by atoms with E-state index >= 15 is 0 Å². The third-order valence-corrected chi connectivity index (χ3v) is 0.942. The van der Waals surface area contributed by atoms with Crippen LogP contribution in [0.2, 0.25) is 0 Å². The van der Waals surface area contributed by atoms with Crippen LogP contribution in [-0.4, -0.2) is 13.4 Å². The fourth-order valence-corrected chi connectivity index (χ4v) is 0.533. The summed E-state index contributed by atoms with van der Waals surface area (Å²) in [5, 5.41) is 0. The van der Waals surface area contributed by atoms with E-state index in [2.05, 4.69) is 4.42 Å². The lowest BCUT2D eigenvalue weighted by atomic mass is 10.4. The molecule has 0 aromatic carbocycles. The molecule has 9 heavy (non-hydrogen) atoms. The Kier molecular flexibility index (Phi) is 1.53. The first-order valence-electron chi connectivity index (χ1n) is 2.38. The van der Waals surface area contributed by atoms with Gasteiger partial charge in [-0.3, -0.25) is 4.79 Å². The summed E-state index contributed by atoms with van der Waals surface area (Å²) >= 11 is 0. The Hall–Kier alpha value is -1.25. The molecule has 1 rings (SSSR count). The summed E-state index contributed by atoms with van der Waals surface area (Å²) in [6.07, 6.45) is 2.96. The molecule has 3 nitrogen and oxygen atoms in total. The van der Waals surface area contributed by atoms with Gasteiger partial charge in [0, 0.05) is 6.07 Å². The fraction of sp³-hybridized carbons (Fsp3) is 0.167. The smallest absolute Gasteiger partial charge is 0.275 e. The lowest BCUT2D eigenvalue weighted by Gasteiger charge is -1.89. The largest absolute Gasteiger partial charge is 0.493 e. The van der Waals surface area contributed by atoms with Gasteiger partial charge in [-0.25, -0.2) is 0 Å². The maximum absolute atomic E-state index is 9.95. The molecule has 1 aromatic heterocycles. The van der Waals surface area contributed by atoms with Crippen LogP contribution in [0.15, 0.2) is 16.7 Å². The molecule has 1 heterocycles. The quantitative estimate of drug-likeness (QED) is 0.585. The van der Waals surface area contributed by atoms with Crippen molar-refractivity contribution in [1.29, 1.82) is 0 Å². The van der Waals surface area contributed by atoms with E-state index < -0.39 is 0 Å². The molecule has 0 saturated heterocycles. The van der Waals surface area contributed by atoms with Crippen molar-refractivity contribution in [1.82, 2.24) is 0 Å². The number of carbonyl (C=O) groups excluding carboxylic acids is 1. The average Bonchev–Trinajstić information content (AvgIpc) is 2.33. The average molecular weight is 125 g/mol. The number of rotatable bonds is 2. The van der Waals surface area contributed by atoms with E-state index in [0.29, 0.717) is 5.75 Å². The second kappa shape index (κ2) is 2.35. The molecule has 0 fully saturated rings. The van der Waals surface area contributed by atoms with Crippen LogP contribution in [-0.2, 0) is 4.79 Å². The van der Waals surface area contributed by atoms with Crippen molar-refractivity contribution < 1.29 is 13.9 Å². The third kappa shape index (κ3) is 0.937. The highest BCUT2D eigenvalue weighted by Gasteiger charge is 2.03. The second-order valence-electron chi connectivity index (χ2n) is 1.42. The molecular formula is C6H5O3. The molecule has 0 amide bonds. The van der Waals surface area contributed by atoms with Crippen molar-refractivity contribution in [2.45, 2.75) is 0 Å². The monoisotopic (exact) mass is 125 g/mol. The zero-order valence-electron chi connectivity index (χ0n) is 4.88. The molecule has 47 valence electrons. The summed E-state index contributed by atoms with van der Waals surface area (Å²) in [6.45, 7) is 0. The highest BCUT2D eigenvalue weighted by Crippen LogP contribution is 2.15. The van der Waals surface area contributed by atoms with Crippen molar-refractivity contribution in [3.05, 3.63) is 18.1 Å². The van der Waals surface area contributed by atoms with Crippen LogP contribution in [0.4, 0.5) is 0 Å². The van der Waals surface area contributed by atoms with Gasteiger partial charge in [-0.05, 0) is 0 Å². The van der Waals surface area contributed by atoms with E-state index in [0.717, 1.165) is 0 Å². The van der Waals surface area contributed by atoms with Gasteiger partial charge in [0.05, 0.1) is 13.4 Å². The van der Waals surface area contributed by atoms with Gasteiger partial charge in [0.25, 0.3) is 6.29 Å². The Labute approximate surface area is 52.2 Å². The van der Waals surface area contributed by atoms with Crippen LogP contribution >= 0.6 is 0 Å². The van der Waals surface area contributed by atoms with Gasteiger partial charge in [0.2, 0.25) is 5.76 Å². The molecule has 3 heteroatoms. The van der Waals surface area contributed by atoms with Crippen LogP contribution in [0.25, 0.3) is 0 Å². The normalized spacial score (nSPS) is 9.00. The van der Waals surface area contributed by atoms with Gasteiger partial charge in [-0.1, -0.05) is 0 Å². The van der Waals surface area contributed by atoms with Crippen LogP contribution in [0, 0.1) is 0 Å². The Morgan fingerprint density at radius 3 is 3.00 bits per heavy atom. The standard InChI is InChI=1S/C6H5O3/c1-8-5-2-3-9-6(5)4-7/h2-3H,1H3. The minimum Gasteiger partial charge on any atom is -0.493 e. The molecule has 0 atom stereocenters. The fourth-order valence-electron chi connectivity index (χ4n) is 0.533. The minimum absolute atomic E-state index is 0.109. The lowest BCUT2D eigenvalue weighted by molar-refractivity contribution is 0.401. The molecule has 0 unspecified atom stereocenters. The Balaban J connectivity index is 2.98. The van der Waals surface area contributed by atoms with E-state index in [-0.39, 0.29) is 5.76 Å². The molecule has 0 spiro atoms. The summed E-state index contributed by atoms with van der Waals surface area (Å²) in [7, 11) is 1.46. The number of hydrogen-bond donors (Lipinski definition) is 0. The van der Waals surface area contributed by atoms with E-state index in [1.54, 1.807) is 12.4 Å². The van der Waals surface area contributed by atoms with E-state index in [1.165, 1.54) is 13.4 Å². The SMILES string of the molecule is COc1ccoc1[C]=O. The molecule has 0 saturated carbocycles. The van der Waals surface area contributed by atoms with E-state index in [9.17, 15) is 4.79 Å². The molecule has 0 aliphatic carbocycles. The molecule has 0 aliphatic rings. The zero-order chi connectivity index (χ0) is 6.69. The van der Waals surface area contributed by atoms with E-state index in [4.69, 9.17) is 4.74 Å². The number of methoxy groups -OCH3 is 1. The molecule has 0 bridgehead atoms. The summed E-state index contributed by atoms with van der Waals surface area (Å²) in [4.78, 5) is 9.95. The van der Waals surface area contributed by atoms with E-state index in [1.807, 2.05) is 0 Å². The van der Waals surface area contributed by atoms with Crippen LogP contribution in [0.1, 0.15) is 5.76 Å². The lowest BCUT2D eigenvalue weighted by Crippen LogP contribution is -1.83. The summed E-state index contributed by atoms with van der Waals surface area (Å²) < 4.78 is 9.38. The number of furan rings is 1. The Morgan fingerprint density at radius 2 is 2.56 bits per heavy atom. The van der Waals surface area contributed by atoms with Crippen molar-refractivity contribution >= 4 is 6.29 Å². The topological polar surface area (TPSA) is 39.4 Å². The predicted molar refractivity (Wildman–Crippen MR) is 30.1 cm³/mol. The molecule has 0 aliphatic heterocycles. The highest BCUT2D eigenvalue weighted by molar-refractivity contribution is 5.75. The predicted octanol–water partition coefficient (Wildman–Crippen LogP) is 0.746. The maximum Gasteiger partial charge on any atom is 0.275 e.